The smallest absolute Gasteiger partial charge is 0.191 e. The van der Waals surface area contributed by atoms with E-state index in [1.807, 2.05) is 0 Å². The van der Waals surface area contributed by atoms with Crippen LogP contribution in [0, 0.1) is 6.92 Å². The van der Waals surface area contributed by atoms with Gasteiger partial charge in [-0.2, -0.15) is 0 Å². The molecule has 0 bridgehead atoms. The monoisotopic (exact) mass is 500 g/mol. The fraction of sp³-hybridized carbons (Fsp3) is 0.524. The van der Waals surface area contributed by atoms with Gasteiger partial charge in [0.15, 0.2) is 5.96 Å². The van der Waals surface area contributed by atoms with Crippen molar-refractivity contribution in [3.05, 3.63) is 46.3 Å². The maximum Gasteiger partial charge on any atom is 0.191 e. The molecule has 7 heteroatoms. The van der Waals surface area contributed by atoms with Crippen molar-refractivity contribution in [2.24, 2.45) is 4.99 Å². The van der Waals surface area contributed by atoms with Gasteiger partial charge in [-0.05, 0) is 43.9 Å². The minimum atomic E-state index is 0. The maximum absolute atomic E-state index is 5.43. The SMILES string of the molecule is CCNC(=NCc1c(CC)noc1CC)NCCc1ccc(C)c(OC)c1.I. The third-order valence-electron chi connectivity index (χ3n) is 4.53. The van der Waals surface area contributed by atoms with Crippen molar-refractivity contribution < 1.29 is 9.26 Å². The van der Waals surface area contributed by atoms with Crippen LogP contribution in [0.5, 0.6) is 5.75 Å². The van der Waals surface area contributed by atoms with Crippen LogP contribution < -0.4 is 15.4 Å². The quantitative estimate of drug-likeness (QED) is 0.309. The molecule has 0 amide bonds. The summed E-state index contributed by atoms with van der Waals surface area (Å²) in [7, 11) is 1.71. The van der Waals surface area contributed by atoms with Crippen LogP contribution in [0.25, 0.3) is 0 Å². The van der Waals surface area contributed by atoms with Crippen LogP contribution in [0.3, 0.4) is 0 Å². The number of rotatable bonds is 9. The number of guanidine groups is 1. The molecular weight excluding hydrogens is 467 g/mol. The van der Waals surface area contributed by atoms with Crippen molar-refractivity contribution in [1.29, 1.82) is 0 Å². The van der Waals surface area contributed by atoms with E-state index in [4.69, 9.17) is 14.3 Å². The summed E-state index contributed by atoms with van der Waals surface area (Å²) in [6, 6.07) is 6.33. The van der Waals surface area contributed by atoms with Crippen molar-refractivity contribution in [3.63, 3.8) is 0 Å². The molecule has 0 aliphatic rings. The number of hydrogen-bond donors (Lipinski definition) is 2. The lowest BCUT2D eigenvalue weighted by molar-refractivity contribution is 0.380. The Labute approximate surface area is 185 Å². The molecule has 2 aromatic rings. The van der Waals surface area contributed by atoms with Gasteiger partial charge in [0, 0.05) is 25.1 Å². The molecule has 2 N–H and O–H groups in total. The second-order valence-electron chi connectivity index (χ2n) is 6.41. The summed E-state index contributed by atoms with van der Waals surface area (Å²) in [6.07, 6.45) is 2.58. The van der Waals surface area contributed by atoms with Gasteiger partial charge < -0.3 is 19.9 Å². The summed E-state index contributed by atoms with van der Waals surface area (Å²) >= 11 is 0. The molecule has 0 aliphatic heterocycles. The predicted molar refractivity (Wildman–Crippen MR) is 125 cm³/mol. The highest BCUT2D eigenvalue weighted by Crippen LogP contribution is 2.19. The predicted octanol–water partition coefficient (Wildman–Crippen LogP) is 4.03. The first-order chi connectivity index (χ1) is 13.1. The Kier molecular flexibility index (Phi) is 11.0. The van der Waals surface area contributed by atoms with Crippen LogP contribution in [0.2, 0.25) is 0 Å². The first kappa shape index (κ1) is 24.3. The van der Waals surface area contributed by atoms with E-state index >= 15 is 0 Å². The number of aryl methyl sites for hydroxylation is 3. The van der Waals surface area contributed by atoms with Crippen LogP contribution in [0.4, 0.5) is 0 Å². The zero-order valence-corrected chi connectivity index (χ0v) is 19.9. The highest BCUT2D eigenvalue weighted by molar-refractivity contribution is 14.0. The topological polar surface area (TPSA) is 71.7 Å². The van der Waals surface area contributed by atoms with Crippen LogP contribution in [0.15, 0.2) is 27.7 Å². The number of halogens is 1. The molecule has 0 unspecified atom stereocenters. The summed E-state index contributed by atoms with van der Waals surface area (Å²) in [5, 5.41) is 10.9. The van der Waals surface area contributed by atoms with Gasteiger partial charge in [0.05, 0.1) is 19.3 Å². The number of ether oxygens (including phenoxy) is 1. The molecule has 2 rings (SSSR count). The average molecular weight is 500 g/mol. The fourth-order valence-electron chi connectivity index (χ4n) is 2.96. The van der Waals surface area contributed by atoms with Crippen molar-refractivity contribution in [2.75, 3.05) is 20.2 Å². The molecule has 0 aliphatic carbocycles. The Morgan fingerprint density at radius 1 is 1.18 bits per heavy atom. The van der Waals surface area contributed by atoms with Crippen LogP contribution in [0.1, 0.15) is 48.9 Å². The van der Waals surface area contributed by atoms with Gasteiger partial charge >= 0.3 is 0 Å². The second-order valence-corrected chi connectivity index (χ2v) is 6.41. The number of aromatic nitrogens is 1. The molecule has 156 valence electrons. The van der Waals surface area contributed by atoms with Gasteiger partial charge in [-0.25, -0.2) is 4.99 Å². The summed E-state index contributed by atoms with van der Waals surface area (Å²) in [5.41, 5.74) is 4.50. The molecule has 28 heavy (non-hydrogen) atoms. The van der Waals surface area contributed by atoms with Gasteiger partial charge in [-0.3, -0.25) is 0 Å². The van der Waals surface area contributed by atoms with Crippen LogP contribution in [-0.4, -0.2) is 31.3 Å². The van der Waals surface area contributed by atoms with Crippen molar-refractivity contribution in [3.8, 4) is 5.75 Å². The summed E-state index contributed by atoms with van der Waals surface area (Å²) in [6.45, 7) is 10.5. The van der Waals surface area contributed by atoms with Crippen LogP contribution in [-0.2, 0) is 25.8 Å². The standard InChI is InChI=1S/C21H32N4O2.HI/c1-6-18-17(19(7-2)27-25-18)14-24-21(22-8-3)23-12-11-16-10-9-15(4)20(13-16)26-5;/h9-10,13H,6-8,11-12,14H2,1-5H3,(H2,22,23,24);1H. The number of hydrogen-bond acceptors (Lipinski definition) is 4. The number of nitrogens with zero attached hydrogens (tertiary/aromatic N) is 2. The Morgan fingerprint density at radius 2 is 1.96 bits per heavy atom. The number of aliphatic imine (C=N–C) groups is 1. The fourth-order valence-corrected chi connectivity index (χ4v) is 2.96. The largest absolute Gasteiger partial charge is 0.496 e. The van der Waals surface area contributed by atoms with E-state index in [0.29, 0.717) is 6.54 Å². The molecule has 1 heterocycles. The van der Waals surface area contributed by atoms with E-state index in [9.17, 15) is 0 Å². The van der Waals surface area contributed by atoms with Crippen molar-refractivity contribution in [2.45, 2.75) is 53.5 Å². The van der Waals surface area contributed by atoms with Gasteiger partial charge in [-0.1, -0.05) is 31.1 Å². The zero-order chi connectivity index (χ0) is 19.6. The van der Waals surface area contributed by atoms with E-state index in [1.165, 1.54) is 5.56 Å². The van der Waals surface area contributed by atoms with Crippen molar-refractivity contribution >= 4 is 29.9 Å². The van der Waals surface area contributed by atoms with E-state index in [-0.39, 0.29) is 24.0 Å². The Bertz CT molecular complexity index is 737. The first-order valence-electron chi connectivity index (χ1n) is 9.74. The molecule has 1 aromatic carbocycles. The van der Waals surface area contributed by atoms with Gasteiger partial charge in [0.25, 0.3) is 0 Å². The van der Waals surface area contributed by atoms with Crippen molar-refractivity contribution in [1.82, 2.24) is 15.8 Å². The van der Waals surface area contributed by atoms with E-state index in [0.717, 1.165) is 66.6 Å². The lowest BCUT2D eigenvalue weighted by atomic mass is 10.1. The second kappa shape index (κ2) is 12.6. The lowest BCUT2D eigenvalue weighted by Gasteiger charge is -2.12. The van der Waals surface area contributed by atoms with Crippen LogP contribution >= 0.6 is 24.0 Å². The Balaban J connectivity index is 0.00000392. The average Bonchev–Trinajstić information content (AvgIpc) is 3.09. The maximum atomic E-state index is 5.43. The molecule has 0 spiro atoms. The molecule has 0 radical (unpaired) electrons. The molecule has 0 saturated heterocycles. The zero-order valence-electron chi connectivity index (χ0n) is 17.6. The third kappa shape index (κ3) is 6.68. The van der Waals surface area contributed by atoms with E-state index in [1.54, 1.807) is 7.11 Å². The first-order valence-corrected chi connectivity index (χ1v) is 9.74. The summed E-state index contributed by atoms with van der Waals surface area (Å²) < 4.78 is 10.8. The normalized spacial score (nSPS) is 11.1. The molecule has 0 saturated carbocycles. The summed E-state index contributed by atoms with van der Waals surface area (Å²) in [5.74, 6) is 2.67. The number of nitrogens with one attached hydrogen (secondary N) is 2. The Morgan fingerprint density at radius 3 is 2.61 bits per heavy atom. The highest BCUT2D eigenvalue weighted by atomic mass is 127. The minimum Gasteiger partial charge on any atom is -0.496 e. The third-order valence-corrected chi connectivity index (χ3v) is 4.53. The molecule has 0 fully saturated rings. The van der Waals surface area contributed by atoms with E-state index in [2.05, 4.69) is 61.7 Å². The minimum absolute atomic E-state index is 0. The molecular formula is C21H33IN4O2. The van der Waals surface area contributed by atoms with Gasteiger partial charge in [0.1, 0.15) is 11.5 Å². The Hall–Kier alpha value is -1.77. The number of methoxy groups -OCH3 is 1. The van der Waals surface area contributed by atoms with Gasteiger partial charge in [-0.15, -0.1) is 24.0 Å². The summed E-state index contributed by atoms with van der Waals surface area (Å²) in [4.78, 5) is 4.72. The lowest BCUT2D eigenvalue weighted by Crippen LogP contribution is -2.38. The number of benzene rings is 1. The molecule has 1 aromatic heterocycles. The van der Waals surface area contributed by atoms with Gasteiger partial charge in [0.2, 0.25) is 0 Å². The molecule has 6 nitrogen and oxygen atoms in total. The van der Waals surface area contributed by atoms with E-state index < -0.39 is 0 Å². The highest BCUT2D eigenvalue weighted by Gasteiger charge is 2.13. The molecule has 0 atom stereocenters.